The lowest BCUT2D eigenvalue weighted by atomic mass is 10.1. The molecular formula is C15H26N2O. The summed E-state index contributed by atoms with van der Waals surface area (Å²) in [7, 11) is 1.74. The van der Waals surface area contributed by atoms with Gasteiger partial charge in [-0.15, -0.1) is 0 Å². The van der Waals surface area contributed by atoms with Crippen molar-refractivity contribution in [3.8, 4) is 0 Å². The van der Waals surface area contributed by atoms with Crippen LogP contribution in [0, 0.1) is 6.92 Å². The smallest absolute Gasteiger partial charge is 0.0637 e. The van der Waals surface area contributed by atoms with Gasteiger partial charge in [0.2, 0.25) is 0 Å². The molecule has 2 N–H and O–H groups in total. The molecule has 0 aliphatic heterocycles. The van der Waals surface area contributed by atoms with Gasteiger partial charge in [0.15, 0.2) is 0 Å². The number of hydrogen-bond acceptors (Lipinski definition) is 3. The SMILES string of the molecule is CCC(C)N(CCOC)c1ccc(C)cc1CN. The number of benzene rings is 1. The van der Waals surface area contributed by atoms with Crippen molar-refractivity contribution in [1.82, 2.24) is 0 Å². The molecule has 18 heavy (non-hydrogen) atoms. The summed E-state index contributed by atoms with van der Waals surface area (Å²) in [5.41, 5.74) is 9.59. The molecule has 0 heterocycles. The standard InChI is InChI=1S/C15H26N2O/c1-5-13(3)17(8-9-18-4)15-7-6-12(2)10-14(15)11-16/h6-7,10,13H,5,8-9,11,16H2,1-4H3. The van der Waals surface area contributed by atoms with E-state index in [4.69, 9.17) is 10.5 Å². The first-order chi connectivity index (χ1) is 8.63. The third-order valence-electron chi connectivity index (χ3n) is 3.42. The van der Waals surface area contributed by atoms with Crippen molar-refractivity contribution < 1.29 is 4.74 Å². The van der Waals surface area contributed by atoms with Gasteiger partial charge in [-0.3, -0.25) is 0 Å². The maximum absolute atomic E-state index is 5.87. The molecule has 1 rings (SSSR count). The molecule has 0 radical (unpaired) electrons. The molecule has 0 aliphatic rings. The van der Waals surface area contributed by atoms with Crippen molar-refractivity contribution in [2.45, 2.75) is 39.8 Å². The zero-order chi connectivity index (χ0) is 13.5. The van der Waals surface area contributed by atoms with Gasteiger partial charge in [-0.25, -0.2) is 0 Å². The summed E-state index contributed by atoms with van der Waals surface area (Å²) in [4.78, 5) is 2.39. The van der Waals surface area contributed by atoms with E-state index in [1.54, 1.807) is 7.11 Å². The molecule has 1 atom stereocenters. The van der Waals surface area contributed by atoms with E-state index in [0.717, 1.165) is 19.6 Å². The highest BCUT2D eigenvalue weighted by Crippen LogP contribution is 2.24. The molecular weight excluding hydrogens is 224 g/mol. The average molecular weight is 250 g/mol. The fraction of sp³-hybridized carbons (Fsp3) is 0.600. The zero-order valence-corrected chi connectivity index (χ0v) is 12.1. The van der Waals surface area contributed by atoms with Gasteiger partial charge in [-0.05, 0) is 31.9 Å². The second-order valence-corrected chi connectivity index (χ2v) is 4.78. The minimum absolute atomic E-state index is 0.494. The van der Waals surface area contributed by atoms with E-state index in [-0.39, 0.29) is 0 Å². The van der Waals surface area contributed by atoms with E-state index in [0.29, 0.717) is 12.6 Å². The Labute approximate surface area is 111 Å². The van der Waals surface area contributed by atoms with Gasteiger partial charge in [0.05, 0.1) is 6.61 Å². The monoisotopic (exact) mass is 250 g/mol. The van der Waals surface area contributed by atoms with Crippen LogP contribution in [0.3, 0.4) is 0 Å². The Balaban J connectivity index is 3.03. The second kappa shape index (κ2) is 7.39. The average Bonchev–Trinajstić information content (AvgIpc) is 2.39. The van der Waals surface area contributed by atoms with Crippen LogP contribution >= 0.6 is 0 Å². The fourth-order valence-corrected chi connectivity index (χ4v) is 2.15. The van der Waals surface area contributed by atoms with Crippen LogP contribution in [-0.2, 0) is 11.3 Å². The van der Waals surface area contributed by atoms with Gasteiger partial charge in [-0.1, -0.05) is 24.6 Å². The number of methoxy groups -OCH3 is 1. The molecule has 0 aliphatic carbocycles. The highest BCUT2D eigenvalue weighted by atomic mass is 16.5. The first kappa shape index (κ1) is 15.0. The van der Waals surface area contributed by atoms with Crippen molar-refractivity contribution in [1.29, 1.82) is 0 Å². The lowest BCUT2D eigenvalue weighted by Crippen LogP contribution is -2.36. The maximum atomic E-state index is 5.87. The summed E-state index contributed by atoms with van der Waals surface area (Å²) in [5.74, 6) is 0. The molecule has 3 nitrogen and oxygen atoms in total. The molecule has 1 aromatic carbocycles. The van der Waals surface area contributed by atoms with E-state index in [1.807, 2.05) is 0 Å². The summed E-state index contributed by atoms with van der Waals surface area (Å²) in [6.07, 6.45) is 1.11. The van der Waals surface area contributed by atoms with Crippen molar-refractivity contribution in [3.05, 3.63) is 29.3 Å². The molecule has 0 spiro atoms. The summed E-state index contributed by atoms with van der Waals surface area (Å²) in [6.45, 7) is 8.78. The summed E-state index contributed by atoms with van der Waals surface area (Å²) < 4.78 is 5.21. The Morgan fingerprint density at radius 3 is 2.67 bits per heavy atom. The fourth-order valence-electron chi connectivity index (χ4n) is 2.15. The molecule has 1 unspecified atom stereocenters. The minimum atomic E-state index is 0.494. The Morgan fingerprint density at radius 2 is 2.11 bits per heavy atom. The maximum Gasteiger partial charge on any atom is 0.0637 e. The predicted molar refractivity (Wildman–Crippen MR) is 78.0 cm³/mol. The van der Waals surface area contributed by atoms with Gasteiger partial charge >= 0.3 is 0 Å². The van der Waals surface area contributed by atoms with Crippen molar-refractivity contribution in [2.24, 2.45) is 5.73 Å². The van der Waals surface area contributed by atoms with Crippen LogP contribution in [0.4, 0.5) is 5.69 Å². The van der Waals surface area contributed by atoms with Gasteiger partial charge in [0.1, 0.15) is 0 Å². The summed E-state index contributed by atoms with van der Waals surface area (Å²) in [5, 5.41) is 0. The van der Waals surface area contributed by atoms with Crippen LogP contribution < -0.4 is 10.6 Å². The second-order valence-electron chi connectivity index (χ2n) is 4.78. The number of ether oxygens (including phenoxy) is 1. The third kappa shape index (κ3) is 3.72. The molecule has 3 heteroatoms. The largest absolute Gasteiger partial charge is 0.383 e. The predicted octanol–water partition coefficient (Wildman–Crippen LogP) is 2.71. The number of hydrogen-bond donors (Lipinski definition) is 1. The molecule has 0 saturated carbocycles. The van der Waals surface area contributed by atoms with E-state index in [2.05, 4.69) is 43.9 Å². The number of aryl methyl sites for hydroxylation is 1. The van der Waals surface area contributed by atoms with E-state index < -0.39 is 0 Å². The van der Waals surface area contributed by atoms with Crippen molar-refractivity contribution in [3.63, 3.8) is 0 Å². The van der Waals surface area contributed by atoms with Crippen LogP contribution in [0.5, 0.6) is 0 Å². The lowest BCUT2D eigenvalue weighted by Gasteiger charge is -2.32. The number of anilines is 1. The summed E-state index contributed by atoms with van der Waals surface area (Å²) in [6, 6.07) is 7.00. The van der Waals surface area contributed by atoms with Crippen LogP contribution in [-0.4, -0.2) is 26.3 Å². The third-order valence-corrected chi connectivity index (χ3v) is 3.42. The normalized spacial score (nSPS) is 12.5. The molecule has 0 saturated heterocycles. The molecule has 102 valence electrons. The van der Waals surface area contributed by atoms with E-state index in [1.165, 1.54) is 16.8 Å². The number of nitrogens with two attached hydrogens (primary N) is 1. The highest BCUT2D eigenvalue weighted by molar-refractivity contribution is 5.55. The molecule has 0 bridgehead atoms. The van der Waals surface area contributed by atoms with E-state index in [9.17, 15) is 0 Å². The Hall–Kier alpha value is -1.06. The van der Waals surface area contributed by atoms with Crippen LogP contribution in [0.25, 0.3) is 0 Å². The van der Waals surface area contributed by atoms with Gasteiger partial charge in [-0.2, -0.15) is 0 Å². The lowest BCUT2D eigenvalue weighted by molar-refractivity contribution is 0.203. The first-order valence-electron chi connectivity index (χ1n) is 6.69. The molecule has 0 amide bonds. The van der Waals surface area contributed by atoms with Crippen molar-refractivity contribution >= 4 is 5.69 Å². The van der Waals surface area contributed by atoms with Crippen LogP contribution in [0.1, 0.15) is 31.4 Å². The van der Waals surface area contributed by atoms with Crippen LogP contribution in [0.2, 0.25) is 0 Å². The zero-order valence-electron chi connectivity index (χ0n) is 12.1. The van der Waals surface area contributed by atoms with E-state index >= 15 is 0 Å². The Bertz CT molecular complexity index is 366. The minimum Gasteiger partial charge on any atom is -0.383 e. The quantitative estimate of drug-likeness (QED) is 0.808. The number of nitrogens with zero attached hydrogens (tertiary/aromatic N) is 1. The van der Waals surface area contributed by atoms with Crippen molar-refractivity contribution in [2.75, 3.05) is 25.2 Å². The Kier molecular flexibility index (Phi) is 6.16. The molecule has 0 fully saturated rings. The highest BCUT2D eigenvalue weighted by Gasteiger charge is 2.15. The topological polar surface area (TPSA) is 38.5 Å². The van der Waals surface area contributed by atoms with Crippen LogP contribution in [0.15, 0.2) is 18.2 Å². The van der Waals surface area contributed by atoms with Gasteiger partial charge in [0, 0.05) is 31.9 Å². The van der Waals surface area contributed by atoms with Gasteiger partial charge < -0.3 is 15.4 Å². The number of rotatable bonds is 7. The first-order valence-corrected chi connectivity index (χ1v) is 6.69. The van der Waals surface area contributed by atoms with Gasteiger partial charge in [0.25, 0.3) is 0 Å². The molecule has 1 aromatic rings. The molecule has 0 aromatic heterocycles. The summed E-state index contributed by atoms with van der Waals surface area (Å²) >= 11 is 0. The Morgan fingerprint density at radius 1 is 1.39 bits per heavy atom.